The van der Waals surface area contributed by atoms with Gasteiger partial charge in [0.15, 0.2) is 0 Å². The summed E-state index contributed by atoms with van der Waals surface area (Å²) in [5.74, 6) is -1.56. The van der Waals surface area contributed by atoms with E-state index in [0.717, 1.165) is 11.3 Å². The van der Waals surface area contributed by atoms with Gasteiger partial charge in [-0.1, -0.05) is 0 Å². The van der Waals surface area contributed by atoms with Crippen molar-refractivity contribution in [1.82, 2.24) is 0 Å². The van der Waals surface area contributed by atoms with Gasteiger partial charge in [-0.05, 0) is 31.9 Å². The van der Waals surface area contributed by atoms with Crippen molar-refractivity contribution >= 4 is 69.9 Å². The molecule has 0 bridgehead atoms. The number of fused-ring (bicyclic) bond motifs is 1. The smallest absolute Gasteiger partial charge is 0.419 e. The third kappa shape index (κ3) is 2.13. The van der Waals surface area contributed by atoms with Crippen molar-refractivity contribution in [3.05, 3.63) is 18.7 Å². The quantitative estimate of drug-likeness (QED) is 0.702. The summed E-state index contributed by atoms with van der Waals surface area (Å²) in [7, 11) is 0. The molecule has 0 saturated carbocycles. The number of hydrogen-bond acceptors (Lipinski definition) is 3. The minimum Gasteiger partial charge on any atom is -0.477 e. The molecule has 2 aromatic heterocycles. The summed E-state index contributed by atoms with van der Waals surface area (Å²) in [4.78, 5) is 10.1. The first-order valence-corrected chi connectivity index (χ1v) is 7.16. The molecular formula is C8HBr2F3O2S2. The molecule has 0 spiro atoms. The molecule has 1 N–H and O–H groups in total. The first-order valence-electron chi connectivity index (χ1n) is 3.94. The maximum Gasteiger partial charge on any atom is 0.419 e. The van der Waals surface area contributed by atoms with Crippen LogP contribution in [0.25, 0.3) is 9.40 Å². The molecule has 0 radical (unpaired) electrons. The van der Waals surface area contributed by atoms with Gasteiger partial charge in [-0.3, -0.25) is 0 Å². The average Bonchev–Trinajstić information content (AvgIpc) is 2.65. The van der Waals surface area contributed by atoms with Gasteiger partial charge in [0.1, 0.15) is 4.88 Å². The van der Waals surface area contributed by atoms with Crippen molar-refractivity contribution in [2.24, 2.45) is 0 Å². The molecule has 0 aliphatic rings. The van der Waals surface area contributed by atoms with Gasteiger partial charge in [0.2, 0.25) is 0 Å². The van der Waals surface area contributed by atoms with E-state index in [4.69, 9.17) is 5.11 Å². The normalized spacial score (nSPS) is 12.3. The number of thiophene rings is 2. The zero-order valence-electron chi connectivity index (χ0n) is 7.56. The molecule has 2 heterocycles. The van der Waals surface area contributed by atoms with Crippen LogP contribution >= 0.6 is 54.5 Å². The largest absolute Gasteiger partial charge is 0.477 e. The van der Waals surface area contributed by atoms with Gasteiger partial charge in [-0.25, -0.2) is 4.79 Å². The van der Waals surface area contributed by atoms with Crippen molar-refractivity contribution in [3.63, 3.8) is 0 Å². The second-order valence-corrected chi connectivity index (χ2v) is 7.11. The number of rotatable bonds is 1. The number of carboxylic acids is 1. The fourth-order valence-corrected chi connectivity index (χ4v) is 5.18. The number of hydrogen-bond donors (Lipinski definition) is 1. The highest BCUT2D eigenvalue weighted by atomic mass is 79.9. The Bertz CT molecular complexity index is 614. The number of carbonyl (C=O) groups is 1. The van der Waals surface area contributed by atoms with Crippen LogP contribution in [0.1, 0.15) is 15.2 Å². The minimum atomic E-state index is -4.67. The number of halogens is 5. The topological polar surface area (TPSA) is 37.3 Å². The van der Waals surface area contributed by atoms with Gasteiger partial charge >= 0.3 is 12.1 Å². The Kier molecular flexibility index (Phi) is 3.30. The lowest BCUT2D eigenvalue weighted by molar-refractivity contribution is -0.136. The molecule has 0 amide bonds. The van der Waals surface area contributed by atoms with Crippen LogP contribution in [-0.4, -0.2) is 11.1 Å². The van der Waals surface area contributed by atoms with Crippen LogP contribution in [-0.2, 0) is 6.18 Å². The van der Waals surface area contributed by atoms with Crippen molar-refractivity contribution < 1.29 is 23.1 Å². The molecule has 0 saturated heterocycles. The first-order chi connectivity index (χ1) is 7.73. The second-order valence-electron chi connectivity index (χ2n) is 2.96. The van der Waals surface area contributed by atoms with E-state index in [1.807, 2.05) is 0 Å². The summed E-state index contributed by atoms with van der Waals surface area (Å²) in [6.45, 7) is 0. The van der Waals surface area contributed by atoms with E-state index in [1.54, 1.807) is 0 Å². The van der Waals surface area contributed by atoms with Crippen molar-refractivity contribution in [1.29, 1.82) is 0 Å². The van der Waals surface area contributed by atoms with E-state index >= 15 is 0 Å². The lowest BCUT2D eigenvalue weighted by atomic mass is 10.2. The molecule has 0 aliphatic heterocycles. The highest BCUT2D eigenvalue weighted by Crippen LogP contribution is 2.50. The van der Waals surface area contributed by atoms with Crippen LogP contribution in [0.3, 0.4) is 0 Å². The van der Waals surface area contributed by atoms with Gasteiger partial charge < -0.3 is 5.11 Å². The fourth-order valence-electron chi connectivity index (χ4n) is 1.29. The van der Waals surface area contributed by atoms with Crippen LogP contribution in [0.4, 0.5) is 13.2 Å². The molecule has 0 aromatic carbocycles. The Morgan fingerprint density at radius 1 is 1.18 bits per heavy atom. The lowest BCUT2D eigenvalue weighted by Gasteiger charge is -2.05. The molecular weight excluding hydrogens is 409 g/mol. The lowest BCUT2D eigenvalue weighted by Crippen LogP contribution is -2.09. The van der Waals surface area contributed by atoms with Crippen molar-refractivity contribution in [2.45, 2.75) is 6.18 Å². The van der Waals surface area contributed by atoms with E-state index in [9.17, 15) is 18.0 Å². The Balaban J connectivity index is 2.89. The van der Waals surface area contributed by atoms with Gasteiger partial charge in [0, 0.05) is 0 Å². The molecule has 0 atom stereocenters. The van der Waals surface area contributed by atoms with Crippen LogP contribution in [0, 0.1) is 0 Å². The van der Waals surface area contributed by atoms with Crippen molar-refractivity contribution in [2.75, 3.05) is 0 Å². The zero-order valence-corrected chi connectivity index (χ0v) is 12.4. The van der Waals surface area contributed by atoms with Crippen LogP contribution in [0.15, 0.2) is 8.26 Å². The molecule has 2 aromatic rings. The summed E-state index contributed by atoms with van der Waals surface area (Å²) in [5.41, 5.74) is -1.07. The third-order valence-electron chi connectivity index (χ3n) is 1.91. The monoisotopic (exact) mass is 408 g/mol. The van der Waals surface area contributed by atoms with Crippen LogP contribution in [0.2, 0.25) is 0 Å². The molecule has 2 rings (SSSR count). The third-order valence-corrected chi connectivity index (χ3v) is 6.96. The number of alkyl halides is 3. The minimum absolute atomic E-state index is 0.0568. The summed E-state index contributed by atoms with van der Waals surface area (Å²) < 4.78 is 39.7. The van der Waals surface area contributed by atoms with Gasteiger partial charge in [0.25, 0.3) is 0 Å². The summed E-state index contributed by atoms with van der Waals surface area (Å²) in [6.07, 6.45) is -4.67. The van der Waals surface area contributed by atoms with Crippen LogP contribution < -0.4 is 0 Å². The first kappa shape index (κ1) is 13.3. The maximum atomic E-state index is 12.8. The Morgan fingerprint density at radius 2 is 1.76 bits per heavy atom. The highest BCUT2D eigenvalue weighted by Gasteiger charge is 2.40. The molecule has 2 nitrogen and oxygen atoms in total. The molecule has 9 heteroatoms. The summed E-state index contributed by atoms with van der Waals surface area (Å²) in [5, 5.41) is 8.80. The van der Waals surface area contributed by atoms with Gasteiger partial charge in [-0.15, -0.1) is 22.7 Å². The maximum absolute atomic E-state index is 12.8. The van der Waals surface area contributed by atoms with E-state index < -0.39 is 22.6 Å². The summed E-state index contributed by atoms with van der Waals surface area (Å²) >= 11 is 7.73. The predicted molar refractivity (Wildman–Crippen MR) is 67.1 cm³/mol. The van der Waals surface area contributed by atoms with E-state index in [-0.39, 0.29) is 4.70 Å². The van der Waals surface area contributed by atoms with Crippen molar-refractivity contribution in [3.8, 4) is 0 Å². The molecule has 92 valence electrons. The predicted octanol–water partition coefficient (Wildman–Crippen LogP) is 5.20. The molecule has 0 aliphatic carbocycles. The molecule has 0 unspecified atom stereocenters. The van der Waals surface area contributed by atoms with Crippen LogP contribution in [0.5, 0.6) is 0 Å². The fraction of sp³-hybridized carbons (Fsp3) is 0.125. The second kappa shape index (κ2) is 4.22. The SMILES string of the molecule is O=C(O)c1sc2c(Br)c(Br)sc2c1C(F)(F)F. The van der Waals surface area contributed by atoms with E-state index in [1.165, 1.54) is 0 Å². The van der Waals surface area contributed by atoms with Gasteiger partial charge in [0.05, 0.1) is 23.2 Å². The number of carboxylic acid groups (broad SMARTS) is 1. The average molecular weight is 410 g/mol. The Morgan fingerprint density at radius 3 is 2.24 bits per heavy atom. The van der Waals surface area contributed by atoms with E-state index in [0.29, 0.717) is 24.3 Å². The Labute approximate surface area is 117 Å². The van der Waals surface area contributed by atoms with Gasteiger partial charge in [-0.2, -0.15) is 13.2 Å². The molecule has 17 heavy (non-hydrogen) atoms. The number of aromatic carboxylic acids is 1. The van der Waals surface area contributed by atoms with E-state index in [2.05, 4.69) is 31.9 Å². The standard InChI is InChI=1S/C8HBr2F3O2S2/c9-2-5-3(17-6(2)10)1(8(11,12)13)4(16-5)7(14)15/h(H,14,15). The highest BCUT2D eigenvalue weighted by molar-refractivity contribution is 9.13. The Hall–Kier alpha value is -0.120. The molecule has 0 fully saturated rings. The zero-order chi connectivity index (χ0) is 13.0. The summed E-state index contributed by atoms with van der Waals surface area (Å²) in [6, 6.07) is 0.